The van der Waals surface area contributed by atoms with Crippen LogP contribution in [0.1, 0.15) is 19.8 Å². The molecule has 1 amide bonds. The molecule has 0 radical (unpaired) electrons. The number of nitrogens with zero attached hydrogens (tertiary/aromatic N) is 2. The maximum atomic E-state index is 12.3. The molecule has 1 aromatic rings. The number of anilines is 1. The van der Waals surface area contributed by atoms with Gasteiger partial charge in [0.05, 0.1) is 11.0 Å². The lowest BCUT2D eigenvalue weighted by molar-refractivity contribution is -0.384. The van der Waals surface area contributed by atoms with Gasteiger partial charge in [-0.1, -0.05) is 6.07 Å². The van der Waals surface area contributed by atoms with Crippen molar-refractivity contribution in [3.63, 3.8) is 0 Å². The molecule has 1 fully saturated rings. The van der Waals surface area contributed by atoms with E-state index < -0.39 is 4.92 Å². The summed E-state index contributed by atoms with van der Waals surface area (Å²) in [6, 6.07) is 5.56. The first kappa shape index (κ1) is 16.4. The lowest BCUT2D eigenvalue weighted by atomic mass is 9.97. The first-order chi connectivity index (χ1) is 10.5. The number of non-ortho nitro benzene ring substituents is 1. The Hall–Kier alpha value is -1.99. The average molecular weight is 307 g/mol. The molecule has 2 atom stereocenters. The number of carbonyl (C=O) groups is 1. The minimum atomic E-state index is -0.491. The van der Waals surface area contributed by atoms with Gasteiger partial charge in [-0.05, 0) is 38.3 Å². The number of aliphatic hydroxyl groups is 1. The van der Waals surface area contributed by atoms with Gasteiger partial charge in [0.25, 0.3) is 5.69 Å². The fourth-order valence-corrected chi connectivity index (χ4v) is 2.71. The number of nitro benzene ring substituents is 1. The Morgan fingerprint density at radius 2 is 2.36 bits per heavy atom. The smallest absolute Gasteiger partial charge is 0.271 e. The number of benzene rings is 1. The lowest BCUT2D eigenvalue weighted by Crippen LogP contribution is -2.47. The number of amides is 1. The third-order valence-corrected chi connectivity index (χ3v) is 4.06. The number of rotatable bonds is 5. The van der Waals surface area contributed by atoms with Crippen LogP contribution in [0.3, 0.4) is 0 Å². The van der Waals surface area contributed by atoms with Crippen LogP contribution in [0.2, 0.25) is 0 Å². The Balaban J connectivity index is 1.99. The molecule has 2 rings (SSSR count). The maximum Gasteiger partial charge on any atom is 0.271 e. The molecule has 1 saturated heterocycles. The Morgan fingerprint density at radius 3 is 3.05 bits per heavy atom. The van der Waals surface area contributed by atoms with E-state index in [1.165, 1.54) is 12.1 Å². The molecule has 0 bridgehead atoms. The highest BCUT2D eigenvalue weighted by Crippen LogP contribution is 2.20. The van der Waals surface area contributed by atoms with Crippen molar-refractivity contribution in [1.82, 2.24) is 4.90 Å². The van der Waals surface area contributed by atoms with Crippen LogP contribution in [0.5, 0.6) is 0 Å². The van der Waals surface area contributed by atoms with Crippen molar-refractivity contribution in [1.29, 1.82) is 0 Å². The van der Waals surface area contributed by atoms with Gasteiger partial charge < -0.3 is 10.4 Å². The van der Waals surface area contributed by atoms with Gasteiger partial charge in [0.15, 0.2) is 0 Å². The van der Waals surface area contributed by atoms with Crippen LogP contribution in [0.4, 0.5) is 11.4 Å². The molecule has 0 spiro atoms. The van der Waals surface area contributed by atoms with Crippen LogP contribution in [0.15, 0.2) is 24.3 Å². The molecule has 2 N–H and O–H groups in total. The zero-order valence-corrected chi connectivity index (χ0v) is 12.6. The van der Waals surface area contributed by atoms with Crippen molar-refractivity contribution in [2.45, 2.75) is 25.8 Å². The number of hydrogen-bond acceptors (Lipinski definition) is 5. The number of nitro groups is 1. The molecule has 0 aromatic heterocycles. The number of aliphatic hydroxyl groups excluding tert-OH is 1. The third kappa shape index (κ3) is 4.02. The summed E-state index contributed by atoms with van der Waals surface area (Å²) in [7, 11) is 0. The molecule has 1 heterocycles. The fourth-order valence-electron chi connectivity index (χ4n) is 2.71. The summed E-state index contributed by atoms with van der Waals surface area (Å²) in [5.74, 6) is 0.0147. The molecule has 120 valence electrons. The quantitative estimate of drug-likeness (QED) is 0.636. The minimum Gasteiger partial charge on any atom is -0.396 e. The van der Waals surface area contributed by atoms with Gasteiger partial charge in [0.1, 0.15) is 0 Å². The largest absolute Gasteiger partial charge is 0.396 e. The second kappa shape index (κ2) is 7.33. The van der Waals surface area contributed by atoms with E-state index >= 15 is 0 Å². The van der Waals surface area contributed by atoms with Gasteiger partial charge in [0, 0.05) is 31.0 Å². The van der Waals surface area contributed by atoms with Crippen LogP contribution < -0.4 is 5.32 Å². The summed E-state index contributed by atoms with van der Waals surface area (Å²) in [4.78, 5) is 24.6. The summed E-state index contributed by atoms with van der Waals surface area (Å²) in [5, 5.41) is 22.7. The molecule has 0 saturated carbocycles. The first-order valence-corrected chi connectivity index (χ1v) is 7.41. The van der Waals surface area contributed by atoms with E-state index in [0.29, 0.717) is 12.2 Å². The van der Waals surface area contributed by atoms with Crippen molar-refractivity contribution in [3.8, 4) is 0 Å². The normalized spacial score (nSPS) is 20.4. The van der Waals surface area contributed by atoms with Crippen molar-refractivity contribution >= 4 is 17.3 Å². The lowest BCUT2D eigenvalue weighted by Gasteiger charge is -2.35. The van der Waals surface area contributed by atoms with Crippen molar-refractivity contribution < 1.29 is 14.8 Å². The highest BCUT2D eigenvalue weighted by molar-refractivity contribution is 5.94. The summed E-state index contributed by atoms with van der Waals surface area (Å²) < 4.78 is 0. The Morgan fingerprint density at radius 1 is 1.59 bits per heavy atom. The first-order valence-electron chi connectivity index (χ1n) is 7.41. The van der Waals surface area contributed by atoms with Crippen LogP contribution >= 0.6 is 0 Å². The van der Waals surface area contributed by atoms with Crippen LogP contribution in [-0.4, -0.2) is 46.6 Å². The van der Waals surface area contributed by atoms with Gasteiger partial charge in [-0.25, -0.2) is 0 Å². The Bertz CT molecular complexity index is 549. The van der Waals surface area contributed by atoms with E-state index in [1.54, 1.807) is 12.1 Å². The molecule has 2 unspecified atom stereocenters. The zero-order valence-electron chi connectivity index (χ0n) is 12.6. The van der Waals surface area contributed by atoms with Gasteiger partial charge in [-0.2, -0.15) is 0 Å². The van der Waals surface area contributed by atoms with E-state index in [0.717, 1.165) is 19.4 Å². The van der Waals surface area contributed by atoms with E-state index in [4.69, 9.17) is 0 Å². The van der Waals surface area contributed by atoms with E-state index in [9.17, 15) is 20.0 Å². The summed E-state index contributed by atoms with van der Waals surface area (Å²) in [6.07, 6.45) is 1.94. The number of carbonyl (C=O) groups excluding carboxylic acids is 1. The van der Waals surface area contributed by atoms with Gasteiger partial charge in [0.2, 0.25) is 5.91 Å². The molecular formula is C15H21N3O4. The van der Waals surface area contributed by atoms with E-state index in [2.05, 4.69) is 5.32 Å². The zero-order chi connectivity index (χ0) is 16.1. The topological polar surface area (TPSA) is 95.7 Å². The molecule has 22 heavy (non-hydrogen) atoms. The van der Waals surface area contributed by atoms with Crippen molar-refractivity contribution in [3.05, 3.63) is 34.4 Å². The highest BCUT2D eigenvalue weighted by atomic mass is 16.6. The third-order valence-electron chi connectivity index (χ3n) is 4.06. The summed E-state index contributed by atoms with van der Waals surface area (Å²) in [5.41, 5.74) is 0.366. The minimum absolute atomic E-state index is 0.0521. The molecular weight excluding hydrogens is 286 g/mol. The molecule has 1 aliphatic rings. The summed E-state index contributed by atoms with van der Waals surface area (Å²) >= 11 is 0. The van der Waals surface area contributed by atoms with E-state index in [1.807, 2.05) is 11.8 Å². The van der Waals surface area contributed by atoms with Crippen LogP contribution in [0.25, 0.3) is 0 Å². The van der Waals surface area contributed by atoms with Gasteiger partial charge in [-0.3, -0.25) is 19.8 Å². The number of likely N-dealkylation sites (tertiary alicyclic amines) is 1. The molecule has 0 aliphatic carbocycles. The monoisotopic (exact) mass is 307 g/mol. The Labute approximate surface area is 129 Å². The standard InChI is InChI=1S/C15H21N3O4/c1-11(17-7-3-4-12(9-17)10-19)15(20)16-13-5-2-6-14(8-13)18(21)22/h2,5-6,8,11-12,19H,3-4,7,9-10H2,1H3,(H,16,20). The molecule has 1 aromatic carbocycles. The summed E-state index contributed by atoms with van der Waals surface area (Å²) in [6.45, 7) is 3.46. The predicted molar refractivity (Wildman–Crippen MR) is 82.6 cm³/mol. The second-order valence-corrected chi connectivity index (χ2v) is 5.66. The number of piperidine rings is 1. The van der Waals surface area contributed by atoms with Crippen molar-refractivity contribution in [2.75, 3.05) is 25.0 Å². The second-order valence-electron chi connectivity index (χ2n) is 5.66. The van der Waals surface area contributed by atoms with Gasteiger partial charge in [-0.15, -0.1) is 0 Å². The highest BCUT2D eigenvalue weighted by Gasteiger charge is 2.27. The van der Waals surface area contributed by atoms with E-state index in [-0.39, 0.29) is 30.2 Å². The van der Waals surface area contributed by atoms with Gasteiger partial charge >= 0.3 is 0 Å². The maximum absolute atomic E-state index is 12.3. The number of nitrogens with one attached hydrogen (secondary N) is 1. The van der Waals surface area contributed by atoms with Crippen LogP contribution in [-0.2, 0) is 4.79 Å². The Kier molecular flexibility index (Phi) is 5.46. The SMILES string of the molecule is CC(C(=O)Nc1cccc([N+](=O)[O-])c1)N1CCCC(CO)C1. The average Bonchev–Trinajstić information content (AvgIpc) is 2.54. The van der Waals surface area contributed by atoms with Crippen LogP contribution in [0, 0.1) is 16.0 Å². The predicted octanol–water partition coefficient (Wildman–Crippen LogP) is 1.63. The number of hydrogen-bond donors (Lipinski definition) is 2. The molecule has 7 nitrogen and oxygen atoms in total. The van der Waals surface area contributed by atoms with Crippen molar-refractivity contribution in [2.24, 2.45) is 5.92 Å². The molecule has 7 heteroatoms. The fraction of sp³-hybridized carbons (Fsp3) is 0.533. The molecule has 1 aliphatic heterocycles.